The van der Waals surface area contributed by atoms with Crippen molar-refractivity contribution in [3.63, 3.8) is 0 Å². The summed E-state index contributed by atoms with van der Waals surface area (Å²) in [6, 6.07) is 5.57. The highest BCUT2D eigenvalue weighted by Gasteiger charge is 2.49. The molecule has 0 radical (unpaired) electrons. The first-order valence-corrected chi connectivity index (χ1v) is 10.7. The van der Waals surface area contributed by atoms with E-state index >= 15 is 0 Å². The Morgan fingerprint density at radius 3 is 2.76 bits per heavy atom. The van der Waals surface area contributed by atoms with Gasteiger partial charge in [-0.25, -0.2) is 9.78 Å². The van der Waals surface area contributed by atoms with Crippen LogP contribution >= 0.6 is 22.9 Å². The van der Waals surface area contributed by atoms with Crippen LogP contribution in [0.3, 0.4) is 0 Å². The first kappa shape index (κ1) is 20.0. The normalized spacial score (nSPS) is 20.4. The van der Waals surface area contributed by atoms with Gasteiger partial charge in [0.25, 0.3) is 0 Å². The van der Waals surface area contributed by atoms with Crippen molar-refractivity contribution >= 4 is 45.7 Å². The van der Waals surface area contributed by atoms with Crippen LogP contribution in [0.5, 0.6) is 5.75 Å². The van der Waals surface area contributed by atoms with Gasteiger partial charge in [-0.2, -0.15) is 0 Å². The van der Waals surface area contributed by atoms with Gasteiger partial charge in [0.1, 0.15) is 10.1 Å². The van der Waals surface area contributed by atoms with E-state index in [1.807, 2.05) is 36.9 Å². The lowest BCUT2D eigenvalue weighted by atomic mass is 9.81. The Kier molecular flexibility index (Phi) is 5.16. The highest BCUT2D eigenvalue weighted by molar-refractivity contribution is 7.19. The molecule has 154 valence electrons. The van der Waals surface area contributed by atoms with Crippen LogP contribution in [0.25, 0.3) is 0 Å². The van der Waals surface area contributed by atoms with Gasteiger partial charge in [0, 0.05) is 37.7 Å². The van der Waals surface area contributed by atoms with Crippen LogP contribution < -0.4 is 15.0 Å². The third-order valence-corrected chi connectivity index (χ3v) is 6.43. The van der Waals surface area contributed by atoms with E-state index in [0.717, 1.165) is 23.4 Å². The molecule has 1 aromatic carbocycles. The minimum absolute atomic E-state index is 0.0525. The molecule has 1 fully saturated rings. The van der Waals surface area contributed by atoms with Crippen molar-refractivity contribution < 1.29 is 14.3 Å². The summed E-state index contributed by atoms with van der Waals surface area (Å²) >= 11 is 7.14. The van der Waals surface area contributed by atoms with E-state index in [0.29, 0.717) is 29.1 Å². The number of fused-ring (bicyclic) bond motifs is 2. The van der Waals surface area contributed by atoms with E-state index in [1.54, 1.807) is 11.8 Å². The average Bonchev–Trinajstić information content (AvgIpc) is 3.34. The molecule has 0 bridgehead atoms. The molecule has 29 heavy (non-hydrogen) atoms. The number of ether oxygens (including phenoxy) is 1. The van der Waals surface area contributed by atoms with Crippen LogP contribution in [-0.4, -0.2) is 47.6 Å². The van der Waals surface area contributed by atoms with Crippen LogP contribution in [-0.2, 0) is 10.2 Å². The lowest BCUT2D eigenvalue weighted by molar-refractivity contribution is -0.127. The van der Waals surface area contributed by atoms with Gasteiger partial charge in [0.15, 0.2) is 5.13 Å². The number of rotatable bonds is 3. The molecule has 1 saturated heterocycles. The van der Waals surface area contributed by atoms with E-state index in [9.17, 15) is 9.59 Å². The predicted octanol–water partition coefficient (Wildman–Crippen LogP) is 4.13. The maximum absolute atomic E-state index is 13.0. The Labute approximate surface area is 178 Å². The predicted molar refractivity (Wildman–Crippen MR) is 114 cm³/mol. The Bertz CT molecular complexity index is 963. The molecule has 1 unspecified atom stereocenters. The number of benzene rings is 1. The molecule has 2 aliphatic heterocycles. The summed E-state index contributed by atoms with van der Waals surface area (Å²) in [5.41, 5.74) is 1.59. The number of thiazole rings is 1. The number of anilines is 2. The molecule has 3 amide bonds. The number of aromatic nitrogens is 1. The van der Waals surface area contributed by atoms with E-state index in [1.165, 1.54) is 17.5 Å². The van der Waals surface area contributed by atoms with Crippen molar-refractivity contribution in [2.75, 3.05) is 29.9 Å². The van der Waals surface area contributed by atoms with E-state index in [-0.39, 0.29) is 23.5 Å². The average molecular weight is 435 g/mol. The molecule has 9 heteroatoms. The second kappa shape index (κ2) is 7.50. The highest BCUT2D eigenvalue weighted by Crippen LogP contribution is 2.48. The maximum Gasteiger partial charge on any atom is 0.328 e. The summed E-state index contributed by atoms with van der Waals surface area (Å²) < 4.78 is 6.40. The fourth-order valence-corrected chi connectivity index (χ4v) is 4.94. The van der Waals surface area contributed by atoms with Gasteiger partial charge in [-0.1, -0.05) is 22.9 Å². The number of amides is 3. The van der Waals surface area contributed by atoms with Crippen molar-refractivity contribution in [1.29, 1.82) is 0 Å². The number of hydrogen-bond donors (Lipinski definition) is 1. The second-order valence-corrected chi connectivity index (χ2v) is 9.46. The summed E-state index contributed by atoms with van der Waals surface area (Å²) in [5, 5.41) is 3.29. The Hall–Kier alpha value is -2.32. The molecular formula is C20H23ClN4O3S. The number of hydrogen-bond acceptors (Lipinski definition) is 5. The van der Waals surface area contributed by atoms with Gasteiger partial charge < -0.3 is 9.64 Å². The molecule has 7 nitrogen and oxygen atoms in total. The zero-order chi connectivity index (χ0) is 20.8. The minimum atomic E-state index is -0.296. The van der Waals surface area contributed by atoms with Gasteiger partial charge in [0.05, 0.1) is 12.3 Å². The van der Waals surface area contributed by atoms with Gasteiger partial charge in [0.2, 0.25) is 5.91 Å². The third-order valence-electron chi connectivity index (χ3n) is 5.40. The standard InChI is InChI=1S/C20H23ClN4O3S/c1-12(2)28-14-4-5-16-15(8-14)20(6-7-24(10-20)13(3)26)11-25(16)19(27)23-18-22-9-17(21)29-18/h4-5,8-9,12H,6-7,10-11H2,1-3H3,(H,22,23,27). The van der Waals surface area contributed by atoms with Gasteiger partial charge in [-0.05, 0) is 44.0 Å². The van der Waals surface area contributed by atoms with E-state index in [4.69, 9.17) is 16.3 Å². The number of nitrogens with one attached hydrogen (secondary N) is 1. The van der Waals surface area contributed by atoms with Crippen molar-refractivity contribution in [3.8, 4) is 5.75 Å². The fourth-order valence-electron chi connectivity index (χ4n) is 4.14. The van der Waals surface area contributed by atoms with Gasteiger partial charge in [-0.15, -0.1) is 0 Å². The molecule has 1 aromatic heterocycles. The molecule has 3 heterocycles. The zero-order valence-electron chi connectivity index (χ0n) is 16.6. The molecule has 0 aliphatic carbocycles. The van der Waals surface area contributed by atoms with Crippen LogP contribution in [0.2, 0.25) is 4.34 Å². The van der Waals surface area contributed by atoms with Crippen molar-refractivity contribution in [2.45, 2.75) is 38.7 Å². The number of carbonyl (C=O) groups is 2. The number of likely N-dealkylation sites (tertiary alicyclic amines) is 1. The third kappa shape index (κ3) is 3.79. The van der Waals surface area contributed by atoms with E-state index < -0.39 is 0 Å². The topological polar surface area (TPSA) is 74.8 Å². The molecule has 1 atom stereocenters. The number of halogens is 1. The number of carbonyl (C=O) groups excluding carboxylic acids is 2. The van der Waals surface area contributed by atoms with Crippen molar-refractivity contribution in [2.24, 2.45) is 0 Å². The van der Waals surface area contributed by atoms with Crippen LogP contribution in [0.15, 0.2) is 24.4 Å². The van der Waals surface area contributed by atoms with Crippen LogP contribution in [0, 0.1) is 0 Å². The van der Waals surface area contributed by atoms with Gasteiger partial charge >= 0.3 is 6.03 Å². The Balaban J connectivity index is 1.67. The molecule has 1 N–H and O–H groups in total. The summed E-state index contributed by atoms with van der Waals surface area (Å²) in [6.45, 7) is 7.32. The first-order valence-electron chi connectivity index (χ1n) is 9.54. The second-order valence-electron chi connectivity index (χ2n) is 7.80. The maximum atomic E-state index is 13.0. The summed E-state index contributed by atoms with van der Waals surface area (Å²) in [7, 11) is 0. The summed E-state index contributed by atoms with van der Waals surface area (Å²) in [5.74, 6) is 0.826. The Morgan fingerprint density at radius 1 is 1.34 bits per heavy atom. The fraction of sp³-hybridized carbons (Fsp3) is 0.450. The first-order chi connectivity index (χ1) is 13.8. The molecule has 0 saturated carbocycles. The van der Waals surface area contributed by atoms with Crippen molar-refractivity contribution in [3.05, 3.63) is 34.3 Å². The quantitative estimate of drug-likeness (QED) is 0.788. The molecule has 1 spiro atoms. The van der Waals surface area contributed by atoms with Crippen LogP contribution in [0.1, 0.15) is 32.8 Å². The zero-order valence-corrected chi connectivity index (χ0v) is 18.1. The van der Waals surface area contributed by atoms with Crippen molar-refractivity contribution in [1.82, 2.24) is 9.88 Å². The van der Waals surface area contributed by atoms with Crippen LogP contribution in [0.4, 0.5) is 15.6 Å². The smallest absolute Gasteiger partial charge is 0.328 e. The lowest BCUT2D eigenvalue weighted by Crippen LogP contribution is -2.41. The SMILES string of the molecule is CC(=O)N1CCC2(C1)CN(C(=O)Nc1ncc(Cl)s1)c1ccc(OC(C)C)cc12. The lowest BCUT2D eigenvalue weighted by Gasteiger charge is -2.25. The minimum Gasteiger partial charge on any atom is -0.491 e. The molecule has 4 rings (SSSR count). The number of urea groups is 1. The number of nitrogens with zero attached hydrogens (tertiary/aromatic N) is 3. The highest BCUT2D eigenvalue weighted by atomic mass is 35.5. The molecule has 2 aromatic rings. The Morgan fingerprint density at radius 2 is 2.14 bits per heavy atom. The van der Waals surface area contributed by atoms with Gasteiger partial charge in [-0.3, -0.25) is 15.0 Å². The molecular weight excluding hydrogens is 412 g/mol. The largest absolute Gasteiger partial charge is 0.491 e. The van der Waals surface area contributed by atoms with E-state index in [2.05, 4.69) is 10.3 Å². The summed E-state index contributed by atoms with van der Waals surface area (Å²) in [4.78, 5) is 32.7. The summed E-state index contributed by atoms with van der Waals surface area (Å²) in [6.07, 6.45) is 2.37. The molecule has 2 aliphatic rings. The monoisotopic (exact) mass is 434 g/mol.